The van der Waals surface area contributed by atoms with E-state index in [0.717, 1.165) is 17.4 Å². The predicted molar refractivity (Wildman–Crippen MR) is 83.3 cm³/mol. The van der Waals surface area contributed by atoms with Gasteiger partial charge >= 0.3 is 0 Å². The highest BCUT2D eigenvalue weighted by atomic mass is 79.9. The minimum absolute atomic E-state index is 0.162. The number of aromatic nitrogens is 1. The Morgan fingerprint density at radius 2 is 2.14 bits per heavy atom. The maximum Gasteiger partial charge on any atom is 0.270 e. The summed E-state index contributed by atoms with van der Waals surface area (Å²) in [5.41, 5.74) is -0.0570. The van der Waals surface area contributed by atoms with Gasteiger partial charge in [-0.15, -0.1) is 0 Å². The Morgan fingerprint density at radius 3 is 2.67 bits per heavy atom. The Balaban J connectivity index is 2.47. The van der Waals surface area contributed by atoms with E-state index in [2.05, 4.69) is 31.0 Å². The molecule has 0 bridgehead atoms. The highest BCUT2D eigenvalue weighted by Gasteiger charge is 2.23. The van der Waals surface area contributed by atoms with Gasteiger partial charge in [-0.2, -0.15) is 0 Å². The quantitative estimate of drug-likeness (QED) is 0.596. The largest absolute Gasteiger partial charge is 0.387 e. The van der Waals surface area contributed by atoms with Crippen LogP contribution in [-0.4, -0.2) is 25.4 Å². The Hall–Kier alpha value is -1.72. The second-order valence-electron chi connectivity index (χ2n) is 3.76. The number of rotatable bonds is 5. The molecule has 0 radical (unpaired) electrons. The van der Waals surface area contributed by atoms with Crippen molar-refractivity contribution in [1.82, 2.24) is 4.98 Å². The number of anilines is 2. The lowest BCUT2D eigenvalue weighted by Gasteiger charge is -2.10. The SMILES string of the molecule is CNc1ccc([N+](=O)[O-])cc1S(=O)(=O)Nc1ncc(Br)s1. The Bertz CT molecular complexity index is 790. The molecule has 21 heavy (non-hydrogen) atoms. The van der Waals surface area contributed by atoms with E-state index >= 15 is 0 Å². The number of hydrogen-bond donors (Lipinski definition) is 2. The number of thiazole rings is 1. The number of non-ortho nitro benzene ring substituents is 1. The van der Waals surface area contributed by atoms with Crippen molar-refractivity contribution in [1.29, 1.82) is 0 Å². The number of nitrogens with zero attached hydrogens (tertiary/aromatic N) is 2. The van der Waals surface area contributed by atoms with Gasteiger partial charge < -0.3 is 5.32 Å². The van der Waals surface area contributed by atoms with Crippen molar-refractivity contribution in [3.8, 4) is 0 Å². The third-order valence-electron chi connectivity index (χ3n) is 2.43. The first-order valence-corrected chi connectivity index (χ1v) is 8.53. The predicted octanol–water partition coefficient (Wildman–Crippen LogP) is 2.66. The average Bonchev–Trinajstić information content (AvgIpc) is 2.82. The van der Waals surface area contributed by atoms with Crippen molar-refractivity contribution in [3.05, 3.63) is 38.3 Å². The summed E-state index contributed by atoms with van der Waals surface area (Å²) in [6.45, 7) is 0. The molecule has 2 aromatic rings. The van der Waals surface area contributed by atoms with E-state index in [-0.39, 0.29) is 21.4 Å². The van der Waals surface area contributed by atoms with Crippen molar-refractivity contribution >= 4 is 53.8 Å². The summed E-state index contributed by atoms with van der Waals surface area (Å²) in [5.74, 6) is 0. The topological polar surface area (TPSA) is 114 Å². The lowest BCUT2D eigenvalue weighted by atomic mass is 10.3. The average molecular weight is 393 g/mol. The molecule has 0 fully saturated rings. The van der Waals surface area contributed by atoms with E-state index in [1.165, 1.54) is 25.4 Å². The third kappa shape index (κ3) is 3.49. The molecule has 0 amide bonds. The highest BCUT2D eigenvalue weighted by Crippen LogP contribution is 2.30. The smallest absolute Gasteiger partial charge is 0.270 e. The monoisotopic (exact) mass is 392 g/mol. The first kappa shape index (κ1) is 15.7. The molecule has 0 aliphatic rings. The fraction of sp³-hybridized carbons (Fsp3) is 0.100. The zero-order valence-electron chi connectivity index (χ0n) is 10.5. The third-order valence-corrected chi connectivity index (χ3v) is 5.33. The van der Waals surface area contributed by atoms with Crippen LogP contribution in [0.3, 0.4) is 0 Å². The molecule has 0 unspecified atom stereocenters. The Morgan fingerprint density at radius 1 is 1.43 bits per heavy atom. The maximum absolute atomic E-state index is 12.3. The molecule has 1 aromatic heterocycles. The number of benzene rings is 1. The number of nitro benzene ring substituents is 1. The molecule has 0 spiro atoms. The number of nitro groups is 1. The van der Waals surface area contributed by atoms with Gasteiger partial charge in [-0.1, -0.05) is 11.3 Å². The Labute approximate surface area is 132 Å². The summed E-state index contributed by atoms with van der Waals surface area (Å²) in [4.78, 5) is 13.8. The second-order valence-corrected chi connectivity index (χ2v) is 7.82. The molecule has 2 N–H and O–H groups in total. The van der Waals surface area contributed by atoms with Gasteiger partial charge in [-0.25, -0.2) is 13.4 Å². The van der Waals surface area contributed by atoms with E-state index < -0.39 is 14.9 Å². The lowest BCUT2D eigenvalue weighted by Crippen LogP contribution is -2.15. The summed E-state index contributed by atoms with van der Waals surface area (Å²) < 4.78 is 27.6. The van der Waals surface area contributed by atoms with Gasteiger partial charge in [-0.3, -0.25) is 14.8 Å². The van der Waals surface area contributed by atoms with Gasteiger partial charge in [0.1, 0.15) is 4.90 Å². The molecule has 1 aromatic carbocycles. The summed E-state index contributed by atoms with van der Waals surface area (Å²) in [7, 11) is -2.46. The van der Waals surface area contributed by atoms with Crippen LogP contribution in [0.25, 0.3) is 0 Å². The molecular formula is C10H9BrN4O4S2. The van der Waals surface area contributed by atoms with Crippen LogP contribution in [0.1, 0.15) is 0 Å². The first-order chi connectivity index (χ1) is 9.83. The molecule has 8 nitrogen and oxygen atoms in total. The van der Waals surface area contributed by atoms with Gasteiger partial charge in [0.25, 0.3) is 15.7 Å². The molecule has 0 saturated heterocycles. The highest BCUT2D eigenvalue weighted by molar-refractivity contribution is 9.11. The van der Waals surface area contributed by atoms with Gasteiger partial charge in [0.2, 0.25) is 0 Å². The summed E-state index contributed by atoms with van der Waals surface area (Å²) in [6.07, 6.45) is 1.45. The standard InChI is InChI=1S/C10H9BrN4O4S2/c1-12-7-3-2-6(15(16)17)4-8(7)21(18,19)14-10-13-5-9(11)20-10/h2-5,12H,1H3,(H,13,14). The molecule has 2 rings (SSSR count). The van der Waals surface area contributed by atoms with E-state index in [0.29, 0.717) is 3.79 Å². The molecule has 0 saturated carbocycles. The molecule has 112 valence electrons. The fourth-order valence-corrected chi connectivity index (χ4v) is 4.11. The van der Waals surface area contributed by atoms with E-state index in [4.69, 9.17) is 0 Å². The molecule has 1 heterocycles. The van der Waals surface area contributed by atoms with Crippen molar-refractivity contribution in [2.45, 2.75) is 4.90 Å². The van der Waals surface area contributed by atoms with E-state index in [9.17, 15) is 18.5 Å². The van der Waals surface area contributed by atoms with Crippen LogP contribution in [0.15, 0.2) is 33.1 Å². The van der Waals surface area contributed by atoms with Crippen molar-refractivity contribution in [2.24, 2.45) is 0 Å². The molecule has 0 aliphatic heterocycles. The van der Waals surface area contributed by atoms with E-state index in [1.807, 2.05) is 0 Å². The van der Waals surface area contributed by atoms with E-state index in [1.54, 1.807) is 0 Å². The van der Waals surface area contributed by atoms with Crippen molar-refractivity contribution < 1.29 is 13.3 Å². The van der Waals surface area contributed by atoms with Crippen LogP contribution in [0.5, 0.6) is 0 Å². The summed E-state index contributed by atoms with van der Waals surface area (Å²) in [6, 6.07) is 3.56. The number of nitrogens with one attached hydrogen (secondary N) is 2. The summed E-state index contributed by atoms with van der Waals surface area (Å²) >= 11 is 4.27. The number of halogens is 1. The number of hydrogen-bond acceptors (Lipinski definition) is 7. The molecule has 0 atom stereocenters. The normalized spacial score (nSPS) is 11.1. The van der Waals surface area contributed by atoms with Crippen LogP contribution >= 0.6 is 27.3 Å². The zero-order chi connectivity index (χ0) is 15.6. The maximum atomic E-state index is 12.3. The second kappa shape index (κ2) is 5.95. The molecule has 11 heteroatoms. The molecule has 0 aliphatic carbocycles. The zero-order valence-corrected chi connectivity index (χ0v) is 13.8. The minimum Gasteiger partial charge on any atom is -0.387 e. The number of sulfonamides is 1. The Kier molecular flexibility index (Phi) is 4.44. The van der Waals surface area contributed by atoms with Gasteiger partial charge in [0, 0.05) is 19.2 Å². The lowest BCUT2D eigenvalue weighted by molar-refractivity contribution is -0.385. The van der Waals surface area contributed by atoms with Gasteiger partial charge in [0.05, 0.1) is 20.6 Å². The van der Waals surface area contributed by atoms with Crippen LogP contribution in [0.4, 0.5) is 16.5 Å². The van der Waals surface area contributed by atoms with Crippen LogP contribution < -0.4 is 10.0 Å². The molecular weight excluding hydrogens is 384 g/mol. The van der Waals surface area contributed by atoms with Gasteiger partial charge in [0.15, 0.2) is 5.13 Å². The fourth-order valence-electron chi connectivity index (χ4n) is 1.52. The first-order valence-electron chi connectivity index (χ1n) is 5.44. The van der Waals surface area contributed by atoms with Gasteiger partial charge in [-0.05, 0) is 22.0 Å². The van der Waals surface area contributed by atoms with Crippen molar-refractivity contribution in [3.63, 3.8) is 0 Å². The van der Waals surface area contributed by atoms with Crippen LogP contribution in [0.2, 0.25) is 0 Å². The van der Waals surface area contributed by atoms with Crippen molar-refractivity contribution in [2.75, 3.05) is 17.1 Å². The minimum atomic E-state index is -3.99. The van der Waals surface area contributed by atoms with Crippen LogP contribution in [0, 0.1) is 10.1 Å². The van der Waals surface area contributed by atoms with Crippen LogP contribution in [-0.2, 0) is 10.0 Å². The summed E-state index contributed by atoms with van der Waals surface area (Å²) in [5, 5.41) is 13.6.